The Morgan fingerprint density at radius 3 is 2.62 bits per heavy atom. The summed E-state index contributed by atoms with van der Waals surface area (Å²) in [6, 6.07) is 13.6. The van der Waals surface area contributed by atoms with Crippen LogP contribution in [0.1, 0.15) is 34.1 Å². The van der Waals surface area contributed by atoms with Crippen LogP contribution in [0, 0.1) is 0 Å². The Balaban J connectivity index is 1.98. The molecule has 132 valence electrons. The summed E-state index contributed by atoms with van der Waals surface area (Å²) in [7, 11) is 0. The van der Waals surface area contributed by atoms with Gasteiger partial charge in [0.2, 0.25) is 5.76 Å². The van der Waals surface area contributed by atoms with Crippen molar-refractivity contribution in [3.05, 3.63) is 80.7 Å². The van der Waals surface area contributed by atoms with E-state index in [-0.39, 0.29) is 23.7 Å². The van der Waals surface area contributed by atoms with Crippen LogP contribution in [0.2, 0.25) is 5.02 Å². The maximum absolute atomic E-state index is 13.2. The normalized spacial score (nSPS) is 16.3. The summed E-state index contributed by atoms with van der Waals surface area (Å²) >= 11 is 6.04. The zero-order chi connectivity index (χ0) is 18.3. The first-order valence-electron chi connectivity index (χ1n) is 8.35. The van der Waals surface area contributed by atoms with E-state index in [9.17, 15) is 14.7 Å². The highest BCUT2D eigenvalue weighted by Crippen LogP contribution is 2.38. The van der Waals surface area contributed by atoms with Crippen molar-refractivity contribution in [3.63, 3.8) is 0 Å². The van der Waals surface area contributed by atoms with Crippen LogP contribution in [-0.4, -0.2) is 29.1 Å². The highest BCUT2D eigenvalue weighted by molar-refractivity contribution is 6.31. The molecule has 1 aliphatic rings. The van der Waals surface area contributed by atoms with Crippen molar-refractivity contribution in [1.29, 1.82) is 0 Å². The van der Waals surface area contributed by atoms with E-state index in [0.29, 0.717) is 34.5 Å². The second-order valence-electron chi connectivity index (χ2n) is 6.20. The number of hydrogen-bond donors (Lipinski definition) is 1. The number of rotatable bonds is 4. The van der Waals surface area contributed by atoms with E-state index >= 15 is 0 Å². The smallest absolute Gasteiger partial charge is 0.290 e. The fourth-order valence-corrected chi connectivity index (χ4v) is 3.62. The molecule has 6 heteroatoms. The molecule has 0 radical (unpaired) electrons. The molecular weight excluding hydrogens is 354 g/mol. The first kappa shape index (κ1) is 16.8. The average molecular weight is 370 g/mol. The van der Waals surface area contributed by atoms with E-state index in [1.54, 1.807) is 23.1 Å². The van der Waals surface area contributed by atoms with Crippen molar-refractivity contribution in [2.75, 3.05) is 13.2 Å². The van der Waals surface area contributed by atoms with Crippen LogP contribution in [0.5, 0.6) is 0 Å². The summed E-state index contributed by atoms with van der Waals surface area (Å²) in [5, 5.41) is 9.98. The van der Waals surface area contributed by atoms with Crippen molar-refractivity contribution >= 4 is 28.5 Å². The fraction of sp³-hybridized carbons (Fsp3) is 0.200. The van der Waals surface area contributed by atoms with Crippen molar-refractivity contribution in [3.8, 4) is 0 Å². The minimum absolute atomic E-state index is 0.0411. The number of benzene rings is 2. The number of carbonyl (C=O) groups excluding carboxylic acids is 1. The molecule has 0 fully saturated rings. The summed E-state index contributed by atoms with van der Waals surface area (Å²) in [6.07, 6.45) is 0.419. The van der Waals surface area contributed by atoms with E-state index in [1.807, 2.05) is 30.3 Å². The van der Waals surface area contributed by atoms with Gasteiger partial charge in [-0.15, -0.1) is 0 Å². The molecule has 0 spiro atoms. The standard InChI is InChI=1S/C20H16ClNO4/c21-13-7-8-15-14(11-13)18(24)16-17(12-5-2-1-3-6-12)22(9-4-10-23)20(25)19(16)26-15/h1-3,5-8,11,17,23H,4,9-10H2. The molecule has 0 aliphatic carbocycles. The Hall–Kier alpha value is -2.63. The van der Waals surface area contributed by atoms with Crippen LogP contribution in [0.4, 0.5) is 0 Å². The van der Waals surface area contributed by atoms with Gasteiger partial charge in [-0.1, -0.05) is 41.9 Å². The van der Waals surface area contributed by atoms with Crippen LogP contribution in [-0.2, 0) is 0 Å². The Morgan fingerprint density at radius 2 is 1.88 bits per heavy atom. The summed E-state index contributed by atoms with van der Waals surface area (Å²) in [5.41, 5.74) is 1.24. The molecule has 1 amide bonds. The molecule has 4 rings (SSSR count). The van der Waals surface area contributed by atoms with Crippen LogP contribution in [0.3, 0.4) is 0 Å². The number of hydrogen-bond acceptors (Lipinski definition) is 4. The van der Waals surface area contributed by atoms with Gasteiger partial charge in [0.05, 0.1) is 17.0 Å². The summed E-state index contributed by atoms with van der Waals surface area (Å²) < 4.78 is 5.80. The maximum atomic E-state index is 13.2. The lowest BCUT2D eigenvalue weighted by Crippen LogP contribution is -2.31. The van der Waals surface area contributed by atoms with Gasteiger partial charge in [-0.05, 0) is 30.2 Å². The molecule has 2 heterocycles. The van der Waals surface area contributed by atoms with Gasteiger partial charge in [0, 0.05) is 18.2 Å². The number of nitrogens with zero attached hydrogens (tertiary/aromatic N) is 1. The molecular formula is C20H16ClNO4. The molecule has 0 saturated heterocycles. The number of aliphatic hydroxyl groups is 1. The van der Waals surface area contributed by atoms with E-state index in [4.69, 9.17) is 16.0 Å². The van der Waals surface area contributed by atoms with Gasteiger partial charge < -0.3 is 14.4 Å². The van der Waals surface area contributed by atoms with Gasteiger partial charge in [-0.25, -0.2) is 0 Å². The first-order chi connectivity index (χ1) is 12.6. The molecule has 26 heavy (non-hydrogen) atoms. The molecule has 2 aromatic carbocycles. The van der Waals surface area contributed by atoms with E-state index in [1.165, 1.54) is 0 Å². The van der Waals surface area contributed by atoms with E-state index in [2.05, 4.69) is 0 Å². The predicted molar refractivity (Wildman–Crippen MR) is 98.5 cm³/mol. The third-order valence-corrected chi connectivity index (χ3v) is 4.84. The average Bonchev–Trinajstić information content (AvgIpc) is 2.94. The van der Waals surface area contributed by atoms with Gasteiger partial charge in [-0.3, -0.25) is 9.59 Å². The Labute approximate surface area is 154 Å². The van der Waals surface area contributed by atoms with Crippen molar-refractivity contribution < 1.29 is 14.3 Å². The Bertz CT molecular complexity index is 1040. The maximum Gasteiger partial charge on any atom is 0.290 e. The molecule has 1 unspecified atom stereocenters. The monoisotopic (exact) mass is 369 g/mol. The minimum Gasteiger partial charge on any atom is -0.450 e. The van der Waals surface area contributed by atoms with Crippen LogP contribution >= 0.6 is 11.6 Å². The van der Waals surface area contributed by atoms with Crippen molar-refractivity contribution in [2.24, 2.45) is 0 Å². The third-order valence-electron chi connectivity index (χ3n) is 4.60. The summed E-state index contributed by atoms with van der Waals surface area (Å²) in [5.74, 6) is -0.270. The number of carbonyl (C=O) groups is 1. The van der Waals surface area contributed by atoms with Gasteiger partial charge >= 0.3 is 0 Å². The number of halogens is 1. The fourth-order valence-electron chi connectivity index (χ4n) is 3.45. The minimum atomic E-state index is -0.537. The molecule has 5 nitrogen and oxygen atoms in total. The lowest BCUT2D eigenvalue weighted by Gasteiger charge is -2.24. The molecule has 0 bridgehead atoms. The molecule has 0 saturated carbocycles. The predicted octanol–water partition coefficient (Wildman–Crippen LogP) is 3.37. The molecule has 1 aromatic heterocycles. The Kier molecular flexibility index (Phi) is 4.26. The Morgan fingerprint density at radius 1 is 1.12 bits per heavy atom. The zero-order valence-corrected chi connectivity index (χ0v) is 14.6. The van der Waals surface area contributed by atoms with Gasteiger partial charge in [0.25, 0.3) is 5.91 Å². The van der Waals surface area contributed by atoms with Crippen molar-refractivity contribution in [1.82, 2.24) is 4.90 Å². The van der Waals surface area contributed by atoms with Crippen LogP contribution < -0.4 is 5.43 Å². The lowest BCUT2D eigenvalue weighted by atomic mass is 9.98. The van der Waals surface area contributed by atoms with E-state index in [0.717, 1.165) is 5.56 Å². The third kappa shape index (κ3) is 2.60. The van der Waals surface area contributed by atoms with Crippen LogP contribution in [0.15, 0.2) is 57.7 Å². The second-order valence-corrected chi connectivity index (χ2v) is 6.64. The summed E-state index contributed by atoms with van der Waals surface area (Å²) in [4.78, 5) is 27.7. The molecule has 1 aliphatic heterocycles. The van der Waals surface area contributed by atoms with Gasteiger partial charge in [0.15, 0.2) is 5.43 Å². The molecule has 3 aromatic rings. The highest BCUT2D eigenvalue weighted by atomic mass is 35.5. The SMILES string of the molecule is O=C1c2oc3ccc(Cl)cc3c(=O)c2C(c2ccccc2)N1CCCO. The lowest BCUT2D eigenvalue weighted by molar-refractivity contribution is 0.0716. The van der Waals surface area contributed by atoms with Crippen molar-refractivity contribution in [2.45, 2.75) is 12.5 Å². The second kappa shape index (κ2) is 6.59. The van der Waals surface area contributed by atoms with Gasteiger partial charge in [-0.2, -0.15) is 0 Å². The van der Waals surface area contributed by atoms with Crippen LogP contribution in [0.25, 0.3) is 11.0 Å². The molecule has 1 N–H and O–H groups in total. The largest absolute Gasteiger partial charge is 0.450 e. The zero-order valence-electron chi connectivity index (χ0n) is 13.8. The number of amides is 1. The topological polar surface area (TPSA) is 70.8 Å². The quantitative estimate of drug-likeness (QED) is 0.765. The van der Waals surface area contributed by atoms with Gasteiger partial charge in [0.1, 0.15) is 5.58 Å². The first-order valence-corrected chi connectivity index (χ1v) is 8.72. The number of fused-ring (bicyclic) bond motifs is 2. The summed E-state index contributed by atoms with van der Waals surface area (Å²) in [6.45, 7) is 0.288. The number of aliphatic hydroxyl groups excluding tert-OH is 1. The van der Waals surface area contributed by atoms with E-state index < -0.39 is 6.04 Å². The highest BCUT2D eigenvalue weighted by Gasteiger charge is 2.42. The molecule has 1 atom stereocenters.